The summed E-state index contributed by atoms with van der Waals surface area (Å²) in [4.78, 5) is 12.0. The van der Waals surface area contributed by atoms with Crippen molar-refractivity contribution in [2.75, 3.05) is 0 Å². The van der Waals surface area contributed by atoms with E-state index in [1.807, 2.05) is 12.1 Å². The van der Waals surface area contributed by atoms with Gasteiger partial charge in [0.05, 0.1) is 18.1 Å². The van der Waals surface area contributed by atoms with Crippen LogP contribution in [0.2, 0.25) is 0 Å². The van der Waals surface area contributed by atoms with E-state index in [9.17, 15) is 4.79 Å². The first-order valence-corrected chi connectivity index (χ1v) is 6.80. The summed E-state index contributed by atoms with van der Waals surface area (Å²) in [5.74, 6) is 0.0738. The van der Waals surface area contributed by atoms with Crippen LogP contribution < -0.4 is 5.32 Å². The molecule has 1 unspecified atom stereocenters. The van der Waals surface area contributed by atoms with E-state index < -0.39 is 0 Å². The normalized spacial score (nSPS) is 20.8. The highest BCUT2D eigenvalue weighted by atomic mass is 16.1. The Kier molecular flexibility index (Phi) is 3.90. The van der Waals surface area contributed by atoms with Crippen molar-refractivity contribution < 1.29 is 4.79 Å². The molecule has 1 aliphatic carbocycles. The van der Waals surface area contributed by atoms with Gasteiger partial charge in [-0.2, -0.15) is 5.26 Å². The molecule has 0 saturated heterocycles. The van der Waals surface area contributed by atoms with Gasteiger partial charge in [-0.25, -0.2) is 0 Å². The van der Waals surface area contributed by atoms with Crippen molar-refractivity contribution in [3.05, 3.63) is 35.4 Å². The summed E-state index contributed by atoms with van der Waals surface area (Å²) in [5.41, 5.74) is 1.79. The highest BCUT2D eigenvalue weighted by molar-refractivity contribution is 5.79. The van der Waals surface area contributed by atoms with Crippen molar-refractivity contribution in [2.24, 2.45) is 5.41 Å². The van der Waals surface area contributed by atoms with Gasteiger partial charge >= 0.3 is 0 Å². The lowest BCUT2D eigenvalue weighted by Gasteiger charge is -2.27. The highest BCUT2D eigenvalue weighted by Gasteiger charge is 2.35. The molecule has 0 bridgehead atoms. The summed E-state index contributed by atoms with van der Waals surface area (Å²) in [6.07, 6.45) is 3.83. The Balaban J connectivity index is 1.92. The minimum atomic E-state index is 0.0738. The second-order valence-electron chi connectivity index (χ2n) is 5.99. The average molecular weight is 256 g/mol. The molecule has 2 rings (SSSR count). The molecule has 1 saturated carbocycles. The van der Waals surface area contributed by atoms with Crippen LogP contribution in [0.25, 0.3) is 0 Å². The Morgan fingerprint density at radius 1 is 1.42 bits per heavy atom. The van der Waals surface area contributed by atoms with E-state index in [1.165, 1.54) is 12.8 Å². The van der Waals surface area contributed by atoms with Crippen LogP contribution in [0.15, 0.2) is 24.3 Å². The number of benzene rings is 1. The van der Waals surface area contributed by atoms with Gasteiger partial charge in [0.1, 0.15) is 0 Å². The Morgan fingerprint density at radius 3 is 2.63 bits per heavy atom. The van der Waals surface area contributed by atoms with Crippen molar-refractivity contribution in [2.45, 2.75) is 45.6 Å². The van der Waals surface area contributed by atoms with Crippen molar-refractivity contribution in [3.8, 4) is 6.07 Å². The van der Waals surface area contributed by atoms with Gasteiger partial charge in [-0.05, 0) is 36.0 Å². The SMILES string of the molecule is CC1(C)CCCC1NC(=O)Cc1ccc(C#N)cc1. The molecule has 0 radical (unpaired) electrons. The van der Waals surface area contributed by atoms with E-state index in [2.05, 4.69) is 25.2 Å². The van der Waals surface area contributed by atoms with E-state index in [0.717, 1.165) is 12.0 Å². The Bertz CT molecular complexity index is 496. The van der Waals surface area contributed by atoms with E-state index in [-0.39, 0.29) is 11.3 Å². The molecule has 1 aromatic rings. The maximum Gasteiger partial charge on any atom is 0.224 e. The smallest absolute Gasteiger partial charge is 0.224 e. The number of carbonyl (C=O) groups is 1. The molecule has 1 amide bonds. The van der Waals surface area contributed by atoms with Gasteiger partial charge < -0.3 is 5.32 Å². The lowest BCUT2D eigenvalue weighted by Crippen LogP contribution is -2.42. The van der Waals surface area contributed by atoms with Crippen LogP contribution in [0.1, 0.15) is 44.2 Å². The first kappa shape index (κ1) is 13.6. The summed E-state index contributed by atoms with van der Waals surface area (Å²) in [5, 5.41) is 11.9. The van der Waals surface area contributed by atoms with Crippen molar-refractivity contribution >= 4 is 5.91 Å². The number of carbonyl (C=O) groups excluding carboxylic acids is 1. The third-order valence-corrected chi connectivity index (χ3v) is 4.04. The lowest BCUT2D eigenvalue weighted by molar-refractivity contribution is -0.121. The summed E-state index contributed by atoms with van der Waals surface area (Å²) in [7, 11) is 0. The molecule has 1 atom stereocenters. The summed E-state index contributed by atoms with van der Waals surface area (Å²) in [6.45, 7) is 4.43. The van der Waals surface area contributed by atoms with Crippen LogP contribution in [0.4, 0.5) is 0 Å². The molecule has 100 valence electrons. The van der Waals surface area contributed by atoms with Gasteiger partial charge in [0.2, 0.25) is 5.91 Å². The molecular formula is C16H20N2O. The number of rotatable bonds is 3. The second kappa shape index (κ2) is 5.44. The topological polar surface area (TPSA) is 52.9 Å². The highest BCUT2D eigenvalue weighted by Crippen LogP contribution is 2.37. The molecule has 0 aliphatic heterocycles. The van der Waals surface area contributed by atoms with E-state index in [4.69, 9.17) is 5.26 Å². The van der Waals surface area contributed by atoms with Gasteiger partial charge in [0, 0.05) is 6.04 Å². The standard InChI is InChI=1S/C16H20N2O/c1-16(2)9-3-4-14(16)18-15(19)10-12-5-7-13(11-17)8-6-12/h5-8,14H,3-4,9-10H2,1-2H3,(H,18,19). The molecule has 0 aromatic heterocycles. The van der Waals surface area contributed by atoms with Crippen LogP contribution in [0.5, 0.6) is 0 Å². The molecular weight excluding hydrogens is 236 g/mol. The average Bonchev–Trinajstić information content (AvgIpc) is 2.69. The van der Waals surface area contributed by atoms with Gasteiger partial charge in [-0.1, -0.05) is 32.4 Å². The van der Waals surface area contributed by atoms with Crippen molar-refractivity contribution in [3.63, 3.8) is 0 Å². The molecule has 1 aromatic carbocycles. The maximum atomic E-state index is 12.0. The van der Waals surface area contributed by atoms with Gasteiger partial charge in [0.25, 0.3) is 0 Å². The molecule has 1 fully saturated rings. The summed E-state index contributed by atoms with van der Waals surface area (Å²) < 4.78 is 0. The zero-order valence-corrected chi connectivity index (χ0v) is 11.6. The van der Waals surface area contributed by atoms with Crippen LogP contribution >= 0.6 is 0 Å². The number of hydrogen-bond donors (Lipinski definition) is 1. The molecule has 19 heavy (non-hydrogen) atoms. The lowest BCUT2D eigenvalue weighted by atomic mass is 9.87. The van der Waals surface area contributed by atoms with E-state index in [0.29, 0.717) is 18.0 Å². The Labute approximate surface area is 114 Å². The third-order valence-electron chi connectivity index (χ3n) is 4.04. The minimum absolute atomic E-state index is 0.0738. The van der Waals surface area contributed by atoms with Gasteiger partial charge in [0.15, 0.2) is 0 Å². The zero-order valence-electron chi connectivity index (χ0n) is 11.6. The molecule has 3 nitrogen and oxygen atoms in total. The van der Waals surface area contributed by atoms with Crippen LogP contribution in [0, 0.1) is 16.7 Å². The number of hydrogen-bond acceptors (Lipinski definition) is 2. The minimum Gasteiger partial charge on any atom is -0.353 e. The number of nitriles is 1. The Morgan fingerprint density at radius 2 is 2.11 bits per heavy atom. The van der Waals surface area contributed by atoms with Crippen LogP contribution in [-0.2, 0) is 11.2 Å². The second-order valence-corrected chi connectivity index (χ2v) is 5.99. The predicted molar refractivity (Wildman–Crippen MR) is 74.4 cm³/mol. The predicted octanol–water partition coefficient (Wildman–Crippen LogP) is 2.80. The molecule has 1 aliphatic rings. The summed E-state index contributed by atoms with van der Waals surface area (Å²) >= 11 is 0. The summed E-state index contributed by atoms with van der Waals surface area (Å²) in [6, 6.07) is 9.56. The Hall–Kier alpha value is -1.82. The fourth-order valence-corrected chi connectivity index (χ4v) is 2.72. The number of nitrogens with one attached hydrogen (secondary N) is 1. The first-order chi connectivity index (χ1) is 9.01. The van der Waals surface area contributed by atoms with Crippen molar-refractivity contribution in [1.29, 1.82) is 5.26 Å². The quantitative estimate of drug-likeness (QED) is 0.904. The number of nitrogens with zero attached hydrogens (tertiary/aromatic N) is 1. The largest absolute Gasteiger partial charge is 0.353 e. The molecule has 3 heteroatoms. The molecule has 1 N–H and O–H groups in total. The monoisotopic (exact) mass is 256 g/mol. The molecule has 0 heterocycles. The maximum absolute atomic E-state index is 12.0. The fraction of sp³-hybridized carbons (Fsp3) is 0.500. The number of amides is 1. The first-order valence-electron chi connectivity index (χ1n) is 6.80. The van der Waals surface area contributed by atoms with E-state index in [1.54, 1.807) is 12.1 Å². The van der Waals surface area contributed by atoms with Crippen LogP contribution in [-0.4, -0.2) is 11.9 Å². The van der Waals surface area contributed by atoms with E-state index >= 15 is 0 Å². The molecule has 0 spiro atoms. The van der Waals surface area contributed by atoms with Gasteiger partial charge in [-0.15, -0.1) is 0 Å². The fourth-order valence-electron chi connectivity index (χ4n) is 2.72. The third kappa shape index (κ3) is 3.35. The zero-order chi connectivity index (χ0) is 13.9. The van der Waals surface area contributed by atoms with Crippen LogP contribution in [0.3, 0.4) is 0 Å². The van der Waals surface area contributed by atoms with Gasteiger partial charge in [-0.3, -0.25) is 4.79 Å². The van der Waals surface area contributed by atoms with Crippen molar-refractivity contribution in [1.82, 2.24) is 5.32 Å².